The molecule has 2 aliphatic rings. The second kappa shape index (κ2) is 11.9. The van der Waals surface area contributed by atoms with Gasteiger partial charge in [0.25, 0.3) is 5.91 Å². The van der Waals surface area contributed by atoms with Gasteiger partial charge in [-0.25, -0.2) is 14.7 Å². The number of fused-ring (bicyclic) bond motifs is 1. The number of amides is 3. The maximum absolute atomic E-state index is 13.4. The van der Waals surface area contributed by atoms with E-state index in [0.29, 0.717) is 27.6 Å². The first-order valence-electron chi connectivity index (χ1n) is 12.2. The van der Waals surface area contributed by atoms with E-state index in [4.69, 9.17) is 4.74 Å². The van der Waals surface area contributed by atoms with E-state index >= 15 is 0 Å². The van der Waals surface area contributed by atoms with E-state index in [1.165, 1.54) is 28.4 Å². The molecule has 14 nitrogen and oxygen atoms in total. The lowest BCUT2D eigenvalue weighted by molar-refractivity contribution is -0.151. The summed E-state index contributed by atoms with van der Waals surface area (Å²) in [7, 11) is 0. The van der Waals surface area contributed by atoms with Crippen molar-refractivity contribution in [2.45, 2.75) is 67.8 Å². The summed E-state index contributed by atoms with van der Waals surface area (Å²) in [6, 6.07) is 4.17. The fourth-order valence-electron chi connectivity index (χ4n) is 4.17. The summed E-state index contributed by atoms with van der Waals surface area (Å²) in [6.07, 6.45) is -0.832. The number of carbonyl (C=O) groups is 4. The van der Waals surface area contributed by atoms with Crippen LogP contribution in [0, 0.1) is 0 Å². The number of ether oxygens (including phenoxy) is 1. The third-order valence-corrected chi connectivity index (χ3v) is 8.36. The minimum absolute atomic E-state index is 0.130. The van der Waals surface area contributed by atoms with Crippen molar-refractivity contribution in [1.82, 2.24) is 36.2 Å². The fourth-order valence-corrected chi connectivity index (χ4v) is 6.60. The number of hydrogen-bond acceptors (Lipinski definition) is 11. The van der Waals surface area contributed by atoms with Crippen molar-refractivity contribution in [3.63, 3.8) is 0 Å². The molecule has 4 atom stereocenters. The highest BCUT2D eigenvalue weighted by molar-refractivity contribution is 8.01. The average Bonchev–Trinajstić information content (AvgIpc) is 3.41. The summed E-state index contributed by atoms with van der Waals surface area (Å²) in [6.45, 7) is 6.65. The van der Waals surface area contributed by atoms with Gasteiger partial charge in [-0.3, -0.25) is 14.5 Å². The Labute approximate surface area is 237 Å². The van der Waals surface area contributed by atoms with Crippen LogP contribution in [0.15, 0.2) is 40.7 Å². The molecule has 2 unspecified atom stereocenters. The number of nitrogens with zero attached hydrogens (tertiary/aromatic N) is 4. The van der Waals surface area contributed by atoms with Gasteiger partial charge in [-0.15, -0.1) is 16.9 Å². The Bertz CT molecular complexity index is 1310. The summed E-state index contributed by atoms with van der Waals surface area (Å²) in [5, 5.41) is 37.4. The molecule has 16 heteroatoms. The quantitative estimate of drug-likeness (QED) is 0.206. The first-order chi connectivity index (χ1) is 18.9. The zero-order chi connectivity index (χ0) is 29.2. The van der Waals surface area contributed by atoms with Crippen LogP contribution in [0.2, 0.25) is 0 Å². The third kappa shape index (κ3) is 6.39. The number of aromatic nitrogens is 4. The second-order valence-corrected chi connectivity index (χ2v) is 12.5. The SMILES string of the molecule is CC(Sc1nnn[nH]1)C1=C(C(=O)O)N2C(=O)[C@@H](NC(=O)C(NC(=O)OC(C)(C)C)c3ccc(CO)cc3)[C@@H]2SC1. The number of alkyl carbamates (subject to hydrolysis) is 1. The number of carboxylic acid groups (broad SMARTS) is 1. The monoisotopic (exact) mass is 591 g/mol. The molecule has 3 heterocycles. The summed E-state index contributed by atoms with van der Waals surface area (Å²) in [4.78, 5) is 52.6. The number of rotatable bonds is 9. The van der Waals surface area contributed by atoms with Gasteiger partial charge in [-0.05, 0) is 54.8 Å². The Hall–Kier alpha value is -3.63. The number of nitrogens with one attached hydrogen (secondary N) is 3. The maximum Gasteiger partial charge on any atom is 0.408 e. The Morgan fingerprint density at radius 1 is 1.27 bits per heavy atom. The van der Waals surface area contributed by atoms with E-state index in [-0.39, 0.29) is 17.6 Å². The molecule has 2 aromatic rings. The van der Waals surface area contributed by atoms with E-state index in [1.807, 2.05) is 0 Å². The van der Waals surface area contributed by atoms with Gasteiger partial charge in [-0.1, -0.05) is 36.0 Å². The molecular weight excluding hydrogens is 562 g/mol. The van der Waals surface area contributed by atoms with Gasteiger partial charge in [0.2, 0.25) is 11.1 Å². The molecule has 214 valence electrons. The molecule has 0 aliphatic carbocycles. The standard InChI is InChI=1S/C24H29N7O7S2/c1-11(40-22-27-29-30-28-22)14-10-39-20-16(19(34)31(20)17(14)21(35)36)25-18(33)15(26-23(37)38-24(2,3)4)13-7-5-12(9-32)6-8-13/h5-8,11,15-16,20,32H,9-10H2,1-4H3,(H,25,33)(H,26,37)(H,35,36)(H,27,28,29,30)/t11?,15?,16-,20+/m1/s1. The minimum atomic E-state index is -1.25. The highest BCUT2D eigenvalue weighted by atomic mass is 32.2. The molecule has 0 spiro atoms. The van der Waals surface area contributed by atoms with Crippen LogP contribution in [0.5, 0.6) is 0 Å². The van der Waals surface area contributed by atoms with Crippen molar-refractivity contribution < 1.29 is 34.1 Å². The van der Waals surface area contributed by atoms with Gasteiger partial charge in [0.1, 0.15) is 28.8 Å². The van der Waals surface area contributed by atoms with Crippen LogP contribution >= 0.6 is 23.5 Å². The van der Waals surface area contributed by atoms with Crippen LogP contribution in [-0.4, -0.2) is 87.6 Å². The molecule has 1 aromatic heterocycles. The van der Waals surface area contributed by atoms with Gasteiger partial charge in [-0.2, -0.15) is 0 Å². The highest BCUT2D eigenvalue weighted by Crippen LogP contribution is 2.43. The van der Waals surface area contributed by atoms with Crippen LogP contribution in [0.1, 0.15) is 44.9 Å². The van der Waals surface area contributed by atoms with Gasteiger partial charge < -0.3 is 25.6 Å². The molecule has 2 aliphatic heterocycles. The molecule has 0 radical (unpaired) electrons. The number of tetrazole rings is 1. The largest absolute Gasteiger partial charge is 0.477 e. The number of carboxylic acids is 1. The number of aliphatic hydroxyl groups excluding tert-OH is 1. The molecule has 40 heavy (non-hydrogen) atoms. The maximum atomic E-state index is 13.4. The number of H-pyrrole nitrogens is 1. The summed E-state index contributed by atoms with van der Waals surface area (Å²) in [5.74, 6) is -2.20. The predicted octanol–water partition coefficient (Wildman–Crippen LogP) is 1.18. The van der Waals surface area contributed by atoms with Crippen LogP contribution in [-0.2, 0) is 25.7 Å². The van der Waals surface area contributed by atoms with E-state index in [9.17, 15) is 29.4 Å². The highest BCUT2D eigenvalue weighted by Gasteiger charge is 2.55. The first-order valence-corrected chi connectivity index (χ1v) is 14.1. The van der Waals surface area contributed by atoms with E-state index in [0.717, 1.165) is 0 Å². The number of carbonyl (C=O) groups excluding carboxylic acids is 3. The lowest BCUT2D eigenvalue weighted by Crippen LogP contribution is -2.71. The van der Waals surface area contributed by atoms with Crippen molar-refractivity contribution in [3.05, 3.63) is 46.7 Å². The molecule has 1 saturated heterocycles. The van der Waals surface area contributed by atoms with Crippen molar-refractivity contribution in [3.8, 4) is 0 Å². The van der Waals surface area contributed by atoms with Crippen LogP contribution < -0.4 is 10.6 Å². The van der Waals surface area contributed by atoms with Crippen molar-refractivity contribution >= 4 is 47.4 Å². The van der Waals surface area contributed by atoms with Crippen LogP contribution in [0.4, 0.5) is 4.79 Å². The molecule has 4 rings (SSSR count). The number of aromatic amines is 1. The molecule has 1 aromatic carbocycles. The van der Waals surface area contributed by atoms with Gasteiger partial charge >= 0.3 is 12.1 Å². The fraction of sp³-hybridized carbons (Fsp3) is 0.458. The van der Waals surface area contributed by atoms with E-state index < -0.39 is 46.9 Å². The van der Waals surface area contributed by atoms with Crippen molar-refractivity contribution in [1.29, 1.82) is 0 Å². The smallest absolute Gasteiger partial charge is 0.408 e. The Kier molecular flexibility index (Phi) is 8.70. The first kappa shape index (κ1) is 29.4. The van der Waals surface area contributed by atoms with E-state index in [2.05, 4.69) is 31.3 Å². The Morgan fingerprint density at radius 2 is 1.98 bits per heavy atom. The van der Waals surface area contributed by atoms with Crippen LogP contribution in [0.3, 0.4) is 0 Å². The normalized spacial score (nSPS) is 20.2. The predicted molar refractivity (Wildman–Crippen MR) is 144 cm³/mol. The van der Waals surface area contributed by atoms with Gasteiger partial charge in [0.05, 0.1) is 6.61 Å². The number of aliphatic hydroxyl groups is 1. The Morgan fingerprint density at radius 3 is 2.55 bits per heavy atom. The summed E-state index contributed by atoms with van der Waals surface area (Å²) < 4.78 is 5.31. The molecule has 3 amide bonds. The topological polar surface area (TPSA) is 200 Å². The number of benzene rings is 1. The molecule has 5 N–H and O–H groups in total. The third-order valence-electron chi connectivity index (χ3n) is 6.02. The van der Waals surface area contributed by atoms with Crippen LogP contribution in [0.25, 0.3) is 0 Å². The molecule has 1 fully saturated rings. The zero-order valence-corrected chi connectivity index (χ0v) is 23.7. The number of hydrogen-bond donors (Lipinski definition) is 5. The van der Waals surface area contributed by atoms with Gasteiger partial charge in [0, 0.05) is 11.0 Å². The summed E-state index contributed by atoms with van der Waals surface area (Å²) in [5.41, 5.74) is 0.601. The summed E-state index contributed by atoms with van der Waals surface area (Å²) >= 11 is 2.56. The molecule has 0 bridgehead atoms. The minimum Gasteiger partial charge on any atom is -0.477 e. The average molecular weight is 592 g/mol. The Balaban J connectivity index is 1.52. The zero-order valence-electron chi connectivity index (χ0n) is 22.1. The van der Waals surface area contributed by atoms with E-state index in [1.54, 1.807) is 52.0 Å². The van der Waals surface area contributed by atoms with Crippen molar-refractivity contribution in [2.24, 2.45) is 0 Å². The number of β-lactam (4-membered cyclic amide) rings is 1. The second-order valence-electron chi connectivity index (χ2n) is 10.0. The van der Waals surface area contributed by atoms with Crippen molar-refractivity contribution in [2.75, 3.05) is 5.75 Å². The lowest BCUT2D eigenvalue weighted by Gasteiger charge is -2.50. The lowest BCUT2D eigenvalue weighted by atomic mass is 9.99. The van der Waals surface area contributed by atoms with Gasteiger partial charge in [0.15, 0.2) is 0 Å². The number of aliphatic carboxylic acids is 1. The molecule has 0 saturated carbocycles. The molecular formula is C24H29N7O7S2. The number of thioether (sulfide) groups is 2.